The van der Waals surface area contributed by atoms with E-state index in [1.165, 1.54) is 11.3 Å². The minimum Gasteiger partial charge on any atom is -0.497 e. The van der Waals surface area contributed by atoms with Crippen molar-refractivity contribution in [1.29, 1.82) is 0 Å². The Hall–Kier alpha value is -3.32. The van der Waals surface area contributed by atoms with Gasteiger partial charge >= 0.3 is 6.03 Å². The van der Waals surface area contributed by atoms with Gasteiger partial charge in [-0.2, -0.15) is 0 Å². The maximum absolute atomic E-state index is 12.1. The van der Waals surface area contributed by atoms with Gasteiger partial charge in [0, 0.05) is 17.3 Å². The van der Waals surface area contributed by atoms with Crippen LogP contribution in [0.5, 0.6) is 5.75 Å². The van der Waals surface area contributed by atoms with Gasteiger partial charge in [-0.25, -0.2) is 9.78 Å². The van der Waals surface area contributed by atoms with Crippen LogP contribution in [0.25, 0.3) is 22.4 Å². The quantitative estimate of drug-likeness (QED) is 0.518. The standard InChI is InChI=1S/C20H17N3O3S/c1-25-15-8-6-13(7-9-15)11-21-19(24)23-20-22-16(12-27-20)18-10-14-4-2-3-5-17(14)26-18/h2-10,12H,11H2,1H3,(H2,21,22,23,24). The van der Waals surface area contributed by atoms with Crippen LogP contribution in [0.3, 0.4) is 0 Å². The van der Waals surface area contributed by atoms with E-state index in [-0.39, 0.29) is 6.03 Å². The van der Waals surface area contributed by atoms with E-state index in [0.717, 1.165) is 22.3 Å². The lowest BCUT2D eigenvalue weighted by Crippen LogP contribution is -2.28. The summed E-state index contributed by atoms with van der Waals surface area (Å²) < 4.78 is 10.9. The molecule has 0 saturated carbocycles. The zero-order valence-electron chi connectivity index (χ0n) is 14.6. The first kappa shape index (κ1) is 17.1. The highest BCUT2D eigenvalue weighted by atomic mass is 32.1. The molecule has 0 fully saturated rings. The van der Waals surface area contributed by atoms with Gasteiger partial charge in [-0.3, -0.25) is 5.32 Å². The average molecular weight is 379 g/mol. The minimum atomic E-state index is -0.309. The van der Waals surface area contributed by atoms with Gasteiger partial charge in [-0.1, -0.05) is 30.3 Å². The van der Waals surface area contributed by atoms with Crippen molar-refractivity contribution < 1.29 is 13.9 Å². The Balaban J connectivity index is 1.37. The van der Waals surface area contributed by atoms with E-state index in [4.69, 9.17) is 9.15 Å². The number of amides is 2. The second-order valence-electron chi connectivity index (χ2n) is 5.84. The molecule has 0 aliphatic carbocycles. The first-order chi connectivity index (χ1) is 13.2. The van der Waals surface area contributed by atoms with Crippen molar-refractivity contribution in [3.63, 3.8) is 0 Å². The summed E-state index contributed by atoms with van der Waals surface area (Å²) in [5.41, 5.74) is 2.49. The molecule has 0 aliphatic heterocycles. The number of thiazole rings is 1. The van der Waals surface area contributed by atoms with Gasteiger partial charge in [0.05, 0.1) is 7.11 Å². The molecule has 0 radical (unpaired) electrons. The number of para-hydroxylation sites is 1. The van der Waals surface area contributed by atoms with Crippen molar-refractivity contribution in [2.24, 2.45) is 0 Å². The zero-order chi connectivity index (χ0) is 18.6. The molecule has 136 valence electrons. The maximum Gasteiger partial charge on any atom is 0.321 e. The number of benzene rings is 2. The predicted molar refractivity (Wildman–Crippen MR) is 106 cm³/mol. The van der Waals surface area contributed by atoms with Crippen molar-refractivity contribution in [3.05, 3.63) is 65.5 Å². The average Bonchev–Trinajstić information content (AvgIpc) is 3.33. The molecule has 2 aromatic heterocycles. The van der Waals surface area contributed by atoms with Crippen LogP contribution in [0, 0.1) is 0 Å². The number of carbonyl (C=O) groups excluding carboxylic acids is 1. The second-order valence-corrected chi connectivity index (χ2v) is 6.70. The summed E-state index contributed by atoms with van der Waals surface area (Å²) in [6.45, 7) is 0.414. The summed E-state index contributed by atoms with van der Waals surface area (Å²) in [7, 11) is 1.62. The number of hydrogen-bond donors (Lipinski definition) is 2. The predicted octanol–water partition coefficient (Wildman–Crippen LogP) is 4.89. The number of ether oxygens (including phenoxy) is 1. The van der Waals surface area contributed by atoms with Crippen LogP contribution in [0.1, 0.15) is 5.56 Å². The molecule has 0 saturated heterocycles. The number of methoxy groups -OCH3 is 1. The van der Waals surface area contributed by atoms with Gasteiger partial charge in [0.1, 0.15) is 17.0 Å². The van der Waals surface area contributed by atoms with Crippen molar-refractivity contribution >= 4 is 33.5 Å². The van der Waals surface area contributed by atoms with E-state index in [0.29, 0.717) is 23.1 Å². The first-order valence-electron chi connectivity index (χ1n) is 8.33. The smallest absolute Gasteiger partial charge is 0.321 e. The number of furan rings is 1. The Morgan fingerprint density at radius 2 is 2.00 bits per heavy atom. The van der Waals surface area contributed by atoms with Crippen LogP contribution in [0.4, 0.5) is 9.93 Å². The van der Waals surface area contributed by atoms with Crippen LogP contribution in [-0.4, -0.2) is 18.1 Å². The largest absolute Gasteiger partial charge is 0.497 e. The third-order valence-corrected chi connectivity index (χ3v) is 4.77. The number of nitrogens with one attached hydrogen (secondary N) is 2. The Bertz CT molecular complexity index is 1040. The van der Waals surface area contributed by atoms with Gasteiger partial charge in [0.2, 0.25) is 0 Å². The van der Waals surface area contributed by atoms with E-state index in [1.54, 1.807) is 7.11 Å². The molecule has 0 spiro atoms. The van der Waals surface area contributed by atoms with Crippen molar-refractivity contribution in [1.82, 2.24) is 10.3 Å². The topological polar surface area (TPSA) is 76.4 Å². The highest BCUT2D eigenvalue weighted by Gasteiger charge is 2.11. The molecular weight excluding hydrogens is 362 g/mol. The lowest BCUT2D eigenvalue weighted by Gasteiger charge is -2.06. The van der Waals surface area contributed by atoms with Crippen LogP contribution in [-0.2, 0) is 6.54 Å². The number of aromatic nitrogens is 1. The SMILES string of the molecule is COc1ccc(CNC(=O)Nc2nc(-c3cc4ccccc4o3)cs2)cc1. The molecule has 4 aromatic rings. The Morgan fingerprint density at radius 1 is 1.19 bits per heavy atom. The normalized spacial score (nSPS) is 10.7. The van der Waals surface area contributed by atoms with Gasteiger partial charge in [-0.05, 0) is 29.8 Å². The molecule has 27 heavy (non-hydrogen) atoms. The molecule has 0 bridgehead atoms. The van der Waals surface area contributed by atoms with E-state index >= 15 is 0 Å². The molecule has 2 N–H and O–H groups in total. The summed E-state index contributed by atoms with van der Waals surface area (Å²) in [5.74, 6) is 1.46. The number of urea groups is 1. The Kier molecular flexibility index (Phi) is 4.76. The van der Waals surface area contributed by atoms with Gasteiger partial charge in [0.25, 0.3) is 0 Å². The molecule has 4 rings (SSSR count). The Morgan fingerprint density at radius 3 is 2.78 bits per heavy atom. The highest BCUT2D eigenvalue weighted by molar-refractivity contribution is 7.14. The molecule has 7 heteroatoms. The van der Waals surface area contributed by atoms with Crippen LogP contribution in [0.15, 0.2) is 64.4 Å². The molecule has 2 amide bonds. The van der Waals surface area contributed by atoms with Gasteiger partial charge in [-0.15, -0.1) is 11.3 Å². The number of nitrogens with zero attached hydrogens (tertiary/aromatic N) is 1. The number of anilines is 1. The van der Waals surface area contributed by atoms with Gasteiger partial charge in [0.15, 0.2) is 10.9 Å². The summed E-state index contributed by atoms with van der Waals surface area (Å²) in [6.07, 6.45) is 0. The van der Waals surface area contributed by atoms with Crippen molar-refractivity contribution in [2.45, 2.75) is 6.54 Å². The summed E-state index contributed by atoms with van der Waals surface area (Å²) in [6, 6.07) is 16.9. The van der Waals surface area contributed by atoms with E-state index < -0.39 is 0 Å². The summed E-state index contributed by atoms with van der Waals surface area (Å²) in [4.78, 5) is 16.5. The van der Waals surface area contributed by atoms with E-state index in [9.17, 15) is 4.79 Å². The molecule has 2 aromatic carbocycles. The van der Waals surface area contributed by atoms with E-state index in [2.05, 4.69) is 15.6 Å². The number of rotatable bonds is 5. The lowest BCUT2D eigenvalue weighted by molar-refractivity contribution is 0.251. The fourth-order valence-corrected chi connectivity index (χ4v) is 3.31. The molecule has 0 atom stereocenters. The summed E-state index contributed by atoms with van der Waals surface area (Å²) in [5, 5.41) is 8.95. The second kappa shape index (κ2) is 7.51. The van der Waals surface area contributed by atoms with Crippen molar-refractivity contribution in [3.8, 4) is 17.2 Å². The van der Waals surface area contributed by atoms with Crippen molar-refractivity contribution in [2.75, 3.05) is 12.4 Å². The van der Waals surface area contributed by atoms with E-state index in [1.807, 2.05) is 60.0 Å². The molecule has 2 heterocycles. The monoisotopic (exact) mass is 379 g/mol. The molecular formula is C20H17N3O3S. The minimum absolute atomic E-state index is 0.309. The van der Waals surface area contributed by atoms with Crippen LogP contribution < -0.4 is 15.4 Å². The maximum atomic E-state index is 12.1. The van der Waals surface area contributed by atoms with Crippen LogP contribution >= 0.6 is 11.3 Å². The first-order valence-corrected chi connectivity index (χ1v) is 9.21. The summed E-state index contributed by atoms with van der Waals surface area (Å²) >= 11 is 1.35. The lowest BCUT2D eigenvalue weighted by atomic mass is 10.2. The third kappa shape index (κ3) is 3.93. The third-order valence-electron chi connectivity index (χ3n) is 4.01. The van der Waals surface area contributed by atoms with Gasteiger partial charge < -0.3 is 14.5 Å². The van der Waals surface area contributed by atoms with Crippen LogP contribution in [0.2, 0.25) is 0 Å². The fraction of sp³-hybridized carbons (Fsp3) is 0.100. The molecule has 0 aliphatic rings. The number of carbonyl (C=O) groups is 1. The molecule has 0 unspecified atom stereocenters. The zero-order valence-corrected chi connectivity index (χ0v) is 15.4. The Labute approximate surface area is 159 Å². The fourth-order valence-electron chi connectivity index (χ4n) is 2.62. The number of hydrogen-bond acceptors (Lipinski definition) is 5. The number of fused-ring (bicyclic) bond motifs is 1. The highest BCUT2D eigenvalue weighted by Crippen LogP contribution is 2.30. The molecule has 6 nitrogen and oxygen atoms in total.